The first-order valence-electron chi connectivity index (χ1n) is 6.69. The second kappa shape index (κ2) is 6.61. The summed E-state index contributed by atoms with van der Waals surface area (Å²) >= 11 is 3.40. The lowest BCUT2D eigenvalue weighted by Gasteiger charge is -1.95. The molecule has 22 heavy (non-hydrogen) atoms. The molecular weight excluding hydrogens is 342 g/mol. The first kappa shape index (κ1) is 14.6. The van der Waals surface area contributed by atoms with Gasteiger partial charge in [-0.25, -0.2) is 0 Å². The minimum Gasteiger partial charge on any atom is -0.390 e. The zero-order valence-electron chi connectivity index (χ0n) is 11.6. The summed E-state index contributed by atoms with van der Waals surface area (Å²) in [7, 11) is 0. The third kappa shape index (κ3) is 3.45. The molecule has 0 unspecified atom stereocenters. The topological polar surface area (TPSA) is 46.3 Å². The lowest BCUT2D eigenvalue weighted by molar-refractivity contribution is 0.267. The Morgan fingerprint density at radius 1 is 0.955 bits per heavy atom. The van der Waals surface area contributed by atoms with Gasteiger partial charge in [0.1, 0.15) is 5.69 Å². The lowest BCUT2D eigenvalue weighted by Crippen LogP contribution is -1.79. The normalized spacial score (nSPS) is 10.1. The average molecular weight is 354 g/mol. The highest BCUT2D eigenvalue weighted by molar-refractivity contribution is 9.10. The van der Waals surface area contributed by atoms with E-state index in [0.29, 0.717) is 11.5 Å². The van der Waals surface area contributed by atoms with E-state index in [1.807, 2.05) is 48.5 Å². The highest BCUT2D eigenvalue weighted by Gasteiger charge is 2.05. The molecule has 4 heteroatoms. The summed E-state index contributed by atoms with van der Waals surface area (Å²) in [6.45, 7) is -0.125. The van der Waals surface area contributed by atoms with Crippen molar-refractivity contribution in [2.24, 2.45) is 0 Å². The monoisotopic (exact) mass is 353 g/mol. The first-order valence-corrected chi connectivity index (χ1v) is 7.48. The molecule has 0 amide bonds. The summed E-state index contributed by atoms with van der Waals surface area (Å²) in [5.41, 5.74) is 3.32. The van der Waals surface area contributed by atoms with E-state index in [9.17, 15) is 0 Å². The quantitative estimate of drug-likeness (QED) is 0.708. The van der Waals surface area contributed by atoms with Gasteiger partial charge in [-0.15, -0.1) is 0 Å². The number of aromatic nitrogens is 1. The molecule has 3 aromatic rings. The van der Waals surface area contributed by atoms with E-state index in [1.54, 1.807) is 6.07 Å². The molecule has 0 aliphatic heterocycles. The number of hydrogen-bond donors (Lipinski definition) is 1. The highest BCUT2D eigenvalue weighted by atomic mass is 79.9. The predicted molar refractivity (Wildman–Crippen MR) is 88.0 cm³/mol. The molecular formula is C18H12BrNO2. The Morgan fingerprint density at radius 3 is 2.09 bits per heavy atom. The number of benzene rings is 2. The Morgan fingerprint density at radius 2 is 1.55 bits per heavy atom. The van der Waals surface area contributed by atoms with Crippen LogP contribution in [0.15, 0.2) is 63.6 Å². The van der Waals surface area contributed by atoms with E-state index in [1.165, 1.54) is 0 Å². The molecule has 0 spiro atoms. The van der Waals surface area contributed by atoms with Crippen LogP contribution >= 0.6 is 15.9 Å². The molecule has 0 saturated carbocycles. The van der Waals surface area contributed by atoms with Crippen molar-refractivity contribution in [1.82, 2.24) is 5.16 Å². The molecule has 0 radical (unpaired) electrons. The number of nitrogens with zero attached hydrogens (tertiary/aromatic N) is 1. The van der Waals surface area contributed by atoms with Gasteiger partial charge in [0.2, 0.25) is 0 Å². The summed E-state index contributed by atoms with van der Waals surface area (Å²) in [4.78, 5) is 0. The SMILES string of the molecule is OCc1cc(-c2ccc(C#Cc3ccc(Br)cc3)cc2)on1. The fourth-order valence-electron chi connectivity index (χ4n) is 1.92. The van der Waals surface area contributed by atoms with E-state index in [2.05, 4.69) is 32.9 Å². The number of aliphatic hydroxyl groups is 1. The Bertz CT molecular complexity index is 824. The third-order valence-electron chi connectivity index (χ3n) is 3.09. The third-order valence-corrected chi connectivity index (χ3v) is 3.61. The standard InChI is InChI=1S/C18H12BrNO2/c19-16-9-5-14(6-10-16)2-1-13-3-7-15(8-4-13)18-11-17(12-21)20-22-18/h3-11,21H,12H2. The molecule has 1 heterocycles. The van der Waals surface area contributed by atoms with Gasteiger partial charge < -0.3 is 9.63 Å². The molecule has 0 saturated heterocycles. The van der Waals surface area contributed by atoms with Gasteiger partial charge in [-0.1, -0.05) is 32.9 Å². The fourth-order valence-corrected chi connectivity index (χ4v) is 2.18. The Labute approximate surface area is 136 Å². The molecule has 3 rings (SSSR count). The van der Waals surface area contributed by atoms with Crippen molar-refractivity contribution in [3.63, 3.8) is 0 Å². The van der Waals surface area contributed by atoms with Crippen LogP contribution in [0.1, 0.15) is 16.8 Å². The minimum absolute atomic E-state index is 0.125. The summed E-state index contributed by atoms with van der Waals surface area (Å²) in [6, 6.07) is 17.3. The fraction of sp³-hybridized carbons (Fsp3) is 0.0556. The Kier molecular flexibility index (Phi) is 4.38. The summed E-state index contributed by atoms with van der Waals surface area (Å²) in [6.07, 6.45) is 0. The van der Waals surface area contributed by atoms with Crippen molar-refractivity contribution in [2.75, 3.05) is 0 Å². The van der Waals surface area contributed by atoms with Gasteiger partial charge in [0, 0.05) is 27.2 Å². The Hall–Kier alpha value is -2.35. The smallest absolute Gasteiger partial charge is 0.167 e. The molecule has 0 fully saturated rings. The van der Waals surface area contributed by atoms with Crippen LogP contribution in [0.2, 0.25) is 0 Å². The van der Waals surface area contributed by atoms with Crippen LogP contribution in [0.25, 0.3) is 11.3 Å². The molecule has 3 nitrogen and oxygen atoms in total. The molecule has 0 aliphatic carbocycles. The van der Waals surface area contributed by atoms with E-state index in [0.717, 1.165) is 21.2 Å². The van der Waals surface area contributed by atoms with Crippen LogP contribution in [-0.4, -0.2) is 10.3 Å². The van der Waals surface area contributed by atoms with E-state index in [-0.39, 0.29) is 6.61 Å². The van der Waals surface area contributed by atoms with E-state index < -0.39 is 0 Å². The van der Waals surface area contributed by atoms with Crippen LogP contribution in [0.4, 0.5) is 0 Å². The second-order valence-corrected chi connectivity index (χ2v) is 5.59. The van der Waals surface area contributed by atoms with Crippen molar-refractivity contribution >= 4 is 15.9 Å². The lowest BCUT2D eigenvalue weighted by atomic mass is 10.1. The zero-order valence-corrected chi connectivity index (χ0v) is 13.2. The molecule has 108 valence electrons. The van der Waals surface area contributed by atoms with Gasteiger partial charge in [0.05, 0.1) is 6.61 Å². The molecule has 2 aromatic carbocycles. The summed E-state index contributed by atoms with van der Waals surface area (Å²) in [5.74, 6) is 6.88. The number of rotatable bonds is 2. The predicted octanol–water partition coefficient (Wildman–Crippen LogP) is 4.00. The van der Waals surface area contributed by atoms with Gasteiger partial charge >= 0.3 is 0 Å². The van der Waals surface area contributed by atoms with E-state index in [4.69, 9.17) is 9.63 Å². The maximum atomic E-state index is 8.99. The number of aliphatic hydroxyl groups excluding tert-OH is 1. The van der Waals surface area contributed by atoms with Gasteiger partial charge in [0.15, 0.2) is 5.76 Å². The number of hydrogen-bond acceptors (Lipinski definition) is 3. The largest absolute Gasteiger partial charge is 0.390 e. The van der Waals surface area contributed by atoms with Crippen LogP contribution in [-0.2, 0) is 6.61 Å². The van der Waals surface area contributed by atoms with E-state index >= 15 is 0 Å². The van der Waals surface area contributed by atoms with Gasteiger partial charge in [0.25, 0.3) is 0 Å². The second-order valence-electron chi connectivity index (χ2n) is 4.67. The Balaban J connectivity index is 1.78. The van der Waals surface area contributed by atoms with Crippen molar-refractivity contribution in [3.8, 4) is 23.2 Å². The van der Waals surface area contributed by atoms with Crippen LogP contribution in [0.3, 0.4) is 0 Å². The van der Waals surface area contributed by atoms with Crippen molar-refractivity contribution < 1.29 is 9.63 Å². The molecule has 0 bridgehead atoms. The summed E-state index contributed by atoms with van der Waals surface area (Å²) < 4.78 is 6.21. The van der Waals surface area contributed by atoms with Crippen LogP contribution in [0.5, 0.6) is 0 Å². The van der Waals surface area contributed by atoms with Crippen molar-refractivity contribution in [3.05, 3.63) is 75.9 Å². The average Bonchev–Trinajstić information content (AvgIpc) is 3.04. The van der Waals surface area contributed by atoms with Gasteiger partial charge in [-0.3, -0.25) is 0 Å². The van der Waals surface area contributed by atoms with Crippen LogP contribution < -0.4 is 0 Å². The summed E-state index contributed by atoms with van der Waals surface area (Å²) in [5, 5.41) is 12.8. The maximum absolute atomic E-state index is 8.99. The molecule has 1 N–H and O–H groups in total. The minimum atomic E-state index is -0.125. The first-order chi connectivity index (χ1) is 10.7. The van der Waals surface area contributed by atoms with Crippen LogP contribution in [0, 0.1) is 11.8 Å². The van der Waals surface area contributed by atoms with Crippen molar-refractivity contribution in [2.45, 2.75) is 6.61 Å². The highest BCUT2D eigenvalue weighted by Crippen LogP contribution is 2.20. The van der Waals surface area contributed by atoms with Gasteiger partial charge in [-0.2, -0.15) is 0 Å². The molecule has 1 aromatic heterocycles. The zero-order chi connectivity index (χ0) is 15.4. The van der Waals surface area contributed by atoms with Crippen molar-refractivity contribution in [1.29, 1.82) is 0 Å². The van der Waals surface area contributed by atoms with Gasteiger partial charge in [-0.05, 0) is 48.5 Å². The molecule has 0 aliphatic rings. The molecule has 0 atom stereocenters. The maximum Gasteiger partial charge on any atom is 0.167 e. The number of halogens is 1.